The Bertz CT molecular complexity index is 491. The number of nitrogens with one attached hydrogen (secondary N) is 1. The molecule has 28 heavy (non-hydrogen) atoms. The molecule has 1 fully saturated rings. The van der Waals surface area contributed by atoms with Crippen LogP contribution in [0.5, 0.6) is 0 Å². The standard InChI is InChI=1S/C21H42N2O4Si/c1-7-8-10-16-26-20(25)23-15-12-13-18(23)19(24)22-14-9-11-17-27-28(5,6)21(2,3)4/h18H,7-17H2,1-6H3,(H,22,24)/t18-/m0/s1. The van der Waals surface area contributed by atoms with Crippen molar-refractivity contribution < 1.29 is 18.8 Å². The normalized spacial score (nSPS) is 17.6. The first-order chi connectivity index (χ1) is 13.1. The summed E-state index contributed by atoms with van der Waals surface area (Å²) >= 11 is 0. The predicted octanol–water partition coefficient (Wildman–Crippen LogP) is 4.70. The van der Waals surface area contributed by atoms with Gasteiger partial charge in [-0.2, -0.15) is 0 Å². The Morgan fingerprint density at radius 2 is 1.79 bits per heavy atom. The van der Waals surface area contributed by atoms with Crippen molar-refractivity contribution in [3.8, 4) is 0 Å². The summed E-state index contributed by atoms with van der Waals surface area (Å²) in [7, 11) is -1.69. The van der Waals surface area contributed by atoms with Crippen LogP contribution in [0.2, 0.25) is 18.1 Å². The monoisotopic (exact) mass is 414 g/mol. The number of rotatable bonds is 11. The number of unbranched alkanes of at least 4 members (excludes halogenated alkanes) is 3. The molecule has 2 amide bonds. The van der Waals surface area contributed by atoms with Gasteiger partial charge < -0.3 is 14.5 Å². The topological polar surface area (TPSA) is 67.9 Å². The van der Waals surface area contributed by atoms with Crippen molar-refractivity contribution in [2.45, 2.75) is 96.8 Å². The lowest BCUT2D eigenvalue weighted by Gasteiger charge is -2.36. The van der Waals surface area contributed by atoms with Gasteiger partial charge in [-0.1, -0.05) is 40.5 Å². The van der Waals surface area contributed by atoms with Gasteiger partial charge in [0.25, 0.3) is 0 Å². The van der Waals surface area contributed by atoms with E-state index >= 15 is 0 Å². The second-order valence-corrected chi connectivity index (χ2v) is 14.1. The molecule has 0 spiro atoms. The Morgan fingerprint density at radius 3 is 2.43 bits per heavy atom. The molecule has 0 unspecified atom stereocenters. The van der Waals surface area contributed by atoms with Gasteiger partial charge in [-0.3, -0.25) is 9.69 Å². The van der Waals surface area contributed by atoms with Gasteiger partial charge in [0.1, 0.15) is 6.04 Å². The van der Waals surface area contributed by atoms with Crippen LogP contribution in [0.4, 0.5) is 4.79 Å². The molecular weight excluding hydrogens is 372 g/mol. The van der Waals surface area contributed by atoms with Crippen molar-refractivity contribution in [3.63, 3.8) is 0 Å². The van der Waals surface area contributed by atoms with Crippen LogP contribution in [-0.4, -0.2) is 57.6 Å². The molecule has 0 radical (unpaired) electrons. The number of ether oxygens (including phenoxy) is 1. The van der Waals surface area contributed by atoms with Crippen molar-refractivity contribution in [1.82, 2.24) is 10.2 Å². The van der Waals surface area contributed by atoms with E-state index in [4.69, 9.17) is 9.16 Å². The molecule has 0 aromatic heterocycles. The van der Waals surface area contributed by atoms with Crippen LogP contribution < -0.4 is 5.32 Å². The molecule has 0 bridgehead atoms. The van der Waals surface area contributed by atoms with Crippen LogP contribution in [0.3, 0.4) is 0 Å². The van der Waals surface area contributed by atoms with E-state index in [2.05, 4.69) is 46.1 Å². The fraction of sp³-hybridized carbons (Fsp3) is 0.905. The number of amides is 2. The summed E-state index contributed by atoms with van der Waals surface area (Å²) in [6.07, 6.45) is 6.05. The maximum atomic E-state index is 12.5. The minimum Gasteiger partial charge on any atom is -0.449 e. The van der Waals surface area contributed by atoms with E-state index < -0.39 is 8.32 Å². The lowest BCUT2D eigenvalue weighted by Crippen LogP contribution is -2.46. The molecule has 6 nitrogen and oxygen atoms in total. The van der Waals surface area contributed by atoms with E-state index in [1.54, 1.807) is 4.90 Å². The van der Waals surface area contributed by atoms with Gasteiger partial charge in [0, 0.05) is 19.7 Å². The van der Waals surface area contributed by atoms with Crippen LogP contribution >= 0.6 is 0 Å². The molecule has 0 saturated carbocycles. The molecular formula is C21H42N2O4Si. The summed E-state index contributed by atoms with van der Waals surface area (Å²) in [6, 6.07) is -0.387. The molecule has 0 aromatic rings. The zero-order chi connectivity index (χ0) is 21.2. The third-order valence-corrected chi connectivity index (χ3v) is 10.4. The summed E-state index contributed by atoms with van der Waals surface area (Å²) in [6.45, 7) is 15.7. The highest BCUT2D eigenvalue weighted by atomic mass is 28.4. The number of hydrogen-bond acceptors (Lipinski definition) is 4. The lowest BCUT2D eigenvalue weighted by atomic mass is 10.2. The number of carbonyl (C=O) groups excluding carboxylic acids is 2. The van der Waals surface area contributed by atoms with E-state index in [0.29, 0.717) is 26.1 Å². The number of likely N-dealkylation sites (tertiary alicyclic amines) is 1. The van der Waals surface area contributed by atoms with Gasteiger partial charge in [-0.05, 0) is 50.2 Å². The van der Waals surface area contributed by atoms with E-state index in [0.717, 1.165) is 45.1 Å². The van der Waals surface area contributed by atoms with Crippen molar-refractivity contribution in [1.29, 1.82) is 0 Å². The van der Waals surface area contributed by atoms with Crippen molar-refractivity contribution in [2.75, 3.05) is 26.3 Å². The summed E-state index contributed by atoms with van der Waals surface area (Å²) < 4.78 is 11.5. The molecule has 0 aliphatic carbocycles. The van der Waals surface area contributed by atoms with E-state index in [-0.39, 0.29) is 23.1 Å². The van der Waals surface area contributed by atoms with Crippen LogP contribution in [0.1, 0.15) is 72.6 Å². The fourth-order valence-corrected chi connectivity index (χ4v) is 4.04. The lowest BCUT2D eigenvalue weighted by molar-refractivity contribution is -0.125. The third-order valence-electron chi connectivity index (χ3n) is 5.90. The average Bonchev–Trinajstić information content (AvgIpc) is 3.10. The van der Waals surface area contributed by atoms with Gasteiger partial charge >= 0.3 is 6.09 Å². The zero-order valence-corrected chi connectivity index (χ0v) is 19.9. The van der Waals surface area contributed by atoms with Crippen LogP contribution in [0, 0.1) is 0 Å². The quantitative estimate of drug-likeness (QED) is 0.393. The van der Waals surface area contributed by atoms with Crippen molar-refractivity contribution in [2.24, 2.45) is 0 Å². The maximum absolute atomic E-state index is 12.5. The highest BCUT2D eigenvalue weighted by molar-refractivity contribution is 6.74. The largest absolute Gasteiger partial charge is 0.449 e. The smallest absolute Gasteiger partial charge is 0.410 e. The Hall–Kier alpha value is -1.08. The summed E-state index contributed by atoms with van der Waals surface area (Å²) in [5, 5.41) is 3.20. The SMILES string of the molecule is CCCCCOC(=O)N1CCC[C@H]1C(=O)NCCCCO[Si](C)(C)C(C)(C)C. The van der Waals surface area contributed by atoms with E-state index in [1.165, 1.54) is 0 Å². The molecule has 1 aliphatic heterocycles. The van der Waals surface area contributed by atoms with Crippen LogP contribution in [0.15, 0.2) is 0 Å². The first kappa shape index (κ1) is 25.0. The molecule has 1 N–H and O–H groups in total. The highest BCUT2D eigenvalue weighted by Crippen LogP contribution is 2.36. The zero-order valence-electron chi connectivity index (χ0n) is 18.9. The van der Waals surface area contributed by atoms with Crippen LogP contribution in [-0.2, 0) is 14.0 Å². The minimum absolute atomic E-state index is 0.0617. The van der Waals surface area contributed by atoms with Gasteiger partial charge in [0.15, 0.2) is 8.32 Å². The minimum atomic E-state index is -1.69. The molecule has 164 valence electrons. The molecule has 7 heteroatoms. The molecule has 0 aromatic carbocycles. The highest BCUT2D eigenvalue weighted by Gasteiger charge is 2.37. The van der Waals surface area contributed by atoms with Gasteiger partial charge in [0.2, 0.25) is 5.91 Å². The summed E-state index contributed by atoms with van der Waals surface area (Å²) in [5.74, 6) is -0.0617. The first-order valence-electron chi connectivity index (χ1n) is 10.9. The van der Waals surface area contributed by atoms with E-state index in [9.17, 15) is 9.59 Å². The molecule has 1 heterocycles. The predicted molar refractivity (Wildman–Crippen MR) is 116 cm³/mol. The average molecular weight is 415 g/mol. The van der Waals surface area contributed by atoms with Crippen LogP contribution in [0.25, 0.3) is 0 Å². The summed E-state index contributed by atoms with van der Waals surface area (Å²) in [5.41, 5.74) is 0. The van der Waals surface area contributed by atoms with Crippen molar-refractivity contribution >= 4 is 20.3 Å². The Kier molecular flexibility index (Phi) is 10.5. The third kappa shape index (κ3) is 8.11. The fourth-order valence-electron chi connectivity index (χ4n) is 2.95. The second kappa shape index (κ2) is 11.8. The molecule has 1 aliphatic rings. The number of carbonyl (C=O) groups is 2. The van der Waals surface area contributed by atoms with Gasteiger partial charge in [0.05, 0.1) is 6.61 Å². The Balaban J connectivity index is 2.26. The number of nitrogens with zero attached hydrogens (tertiary/aromatic N) is 1. The van der Waals surface area contributed by atoms with Gasteiger partial charge in [-0.15, -0.1) is 0 Å². The van der Waals surface area contributed by atoms with Gasteiger partial charge in [-0.25, -0.2) is 4.79 Å². The molecule has 1 saturated heterocycles. The Labute approximate surface area is 172 Å². The Morgan fingerprint density at radius 1 is 1.11 bits per heavy atom. The summed E-state index contributed by atoms with van der Waals surface area (Å²) in [4.78, 5) is 26.3. The molecule has 1 atom stereocenters. The first-order valence-corrected chi connectivity index (χ1v) is 13.9. The molecule has 1 rings (SSSR count). The maximum Gasteiger partial charge on any atom is 0.410 e. The van der Waals surface area contributed by atoms with E-state index in [1.807, 2.05) is 0 Å². The van der Waals surface area contributed by atoms with Crippen molar-refractivity contribution in [3.05, 3.63) is 0 Å². The second-order valence-electron chi connectivity index (χ2n) is 9.28. The number of hydrogen-bond donors (Lipinski definition) is 1.